The van der Waals surface area contributed by atoms with Crippen LogP contribution in [0.2, 0.25) is 5.28 Å². The van der Waals surface area contributed by atoms with E-state index in [1.165, 1.54) is 6.20 Å². The molecular weight excluding hydrogens is 194 g/mol. The van der Waals surface area contributed by atoms with Gasteiger partial charge in [-0.2, -0.15) is 4.98 Å². The van der Waals surface area contributed by atoms with Crippen molar-refractivity contribution >= 4 is 17.4 Å². The molecule has 0 radical (unpaired) electrons. The van der Waals surface area contributed by atoms with Crippen LogP contribution in [0.1, 0.15) is 0 Å². The van der Waals surface area contributed by atoms with Crippen molar-refractivity contribution in [2.24, 2.45) is 0 Å². The average Bonchev–Trinajstić information content (AvgIpc) is 2.09. The molecule has 0 aliphatic heterocycles. The molecule has 1 heterocycles. The van der Waals surface area contributed by atoms with Crippen LogP contribution in [0.4, 0.5) is 5.82 Å². The molecule has 1 rings (SSSR count). The molecule has 1 aromatic heterocycles. The molecule has 13 heavy (non-hydrogen) atoms. The van der Waals surface area contributed by atoms with Crippen LogP contribution in [0.5, 0.6) is 5.75 Å². The number of aromatic nitrogens is 2. The smallest absolute Gasteiger partial charge is 0.224 e. The lowest BCUT2D eigenvalue weighted by Crippen LogP contribution is -2.22. The molecule has 6 heteroatoms. The van der Waals surface area contributed by atoms with E-state index < -0.39 is 0 Å². The minimum absolute atomic E-state index is 0.0163. The number of anilines is 1. The molecular formula is C7H10ClN3O2. The van der Waals surface area contributed by atoms with Gasteiger partial charge in [-0.15, -0.1) is 0 Å². The van der Waals surface area contributed by atoms with E-state index in [4.69, 9.17) is 16.7 Å². The molecule has 0 atom stereocenters. The number of rotatable bonds is 3. The maximum Gasteiger partial charge on any atom is 0.224 e. The van der Waals surface area contributed by atoms with Gasteiger partial charge in [-0.3, -0.25) is 0 Å². The van der Waals surface area contributed by atoms with Gasteiger partial charge in [0.05, 0.1) is 12.8 Å². The lowest BCUT2D eigenvalue weighted by Gasteiger charge is -2.17. The maximum absolute atomic E-state index is 9.33. The van der Waals surface area contributed by atoms with Gasteiger partial charge in [-0.25, -0.2) is 4.98 Å². The molecule has 1 aromatic rings. The third-order valence-electron chi connectivity index (χ3n) is 1.52. The van der Waals surface area contributed by atoms with Crippen LogP contribution in [-0.2, 0) is 0 Å². The molecule has 0 aliphatic rings. The molecule has 0 amide bonds. The number of nitrogens with zero attached hydrogens (tertiary/aromatic N) is 3. The summed E-state index contributed by atoms with van der Waals surface area (Å²) < 4.78 is 0. The molecule has 0 bridgehead atoms. The lowest BCUT2D eigenvalue weighted by atomic mass is 10.4. The van der Waals surface area contributed by atoms with Crippen molar-refractivity contribution in [3.05, 3.63) is 11.5 Å². The van der Waals surface area contributed by atoms with E-state index in [2.05, 4.69) is 9.97 Å². The predicted octanol–water partition coefficient (Wildman–Crippen LogP) is 0.264. The summed E-state index contributed by atoms with van der Waals surface area (Å²) in [6, 6.07) is 0. The second-order valence-electron chi connectivity index (χ2n) is 2.49. The Balaban J connectivity index is 2.91. The molecule has 0 spiro atoms. The highest BCUT2D eigenvalue weighted by atomic mass is 35.5. The van der Waals surface area contributed by atoms with E-state index in [0.29, 0.717) is 12.4 Å². The van der Waals surface area contributed by atoms with Crippen molar-refractivity contribution in [1.29, 1.82) is 0 Å². The minimum atomic E-state index is -0.0552. The standard InChI is InChI=1S/C7H10ClN3O2/c1-11(2-3-12)6-5(13)4-9-7(8)10-6/h4,12-13H,2-3H2,1H3. The van der Waals surface area contributed by atoms with Crippen LogP contribution in [0.25, 0.3) is 0 Å². The van der Waals surface area contributed by atoms with Gasteiger partial charge in [0.2, 0.25) is 5.28 Å². The Kier molecular flexibility index (Phi) is 3.27. The van der Waals surface area contributed by atoms with E-state index in [1.54, 1.807) is 11.9 Å². The highest BCUT2D eigenvalue weighted by Gasteiger charge is 2.09. The zero-order chi connectivity index (χ0) is 9.84. The number of aliphatic hydroxyl groups is 1. The quantitative estimate of drug-likeness (QED) is 0.690. The number of hydrogen-bond acceptors (Lipinski definition) is 5. The van der Waals surface area contributed by atoms with Crippen LogP contribution < -0.4 is 4.90 Å². The van der Waals surface area contributed by atoms with Gasteiger partial charge in [0.25, 0.3) is 0 Å². The van der Waals surface area contributed by atoms with E-state index in [1.807, 2.05) is 0 Å². The lowest BCUT2D eigenvalue weighted by molar-refractivity contribution is 0.303. The van der Waals surface area contributed by atoms with Gasteiger partial charge in [-0.05, 0) is 11.6 Å². The third kappa shape index (κ3) is 2.43. The van der Waals surface area contributed by atoms with Crippen LogP contribution >= 0.6 is 11.6 Å². The molecule has 0 saturated heterocycles. The number of likely N-dealkylation sites (N-methyl/N-ethyl adjacent to an activating group) is 1. The van der Waals surface area contributed by atoms with Crippen molar-refractivity contribution in [3.8, 4) is 5.75 Å². The van der Waals surface area contributed by atoms with Gasteiger partial charge < -0.3 is 15.1 Å². The van der Waals surface area contributed by atoms with E-state index >= 15 is 0 Å². The Morgan fingerprint density at radius 3 is 2.92 bits per heavy atom. The maximum atomic E-state index is 9.33. The number of aromatic hydroxyl groups is 1. The largest absolute Gasteiger partial charge is 0.503 e. The van der Waals surface area contributed by atoms with Gasteiger partial charge in [0.15, 0.2) is 11.6 Å². The molecule has 2 N–H and O–H groups in total. The normalized spacial score (nSPS) is 10.1. The Bertz CT molecular complexity index is 295. The van der Waals surface area contributed by atoms with Gasteiger partial charge in [0, 0.05) is 13.6 Å². The first-order valence-electron chi connectivity index (χ1n) is 3.68. The van der Waals surface area contributed by atoms with Crippen LogP contribution in [0.3, 0.4) is 0 Å². The molecule has 0 fully saturated rings. The summed E-state index contributed by atoms with van der Waals surface area (Å²) in [6.45, 7) is 0.360. The summed E-state index contributed by atoms with van der Waals surface area (Å²) in [5, 5.41) is 18.1. The molecule has 72 valence electrons. The SMILES string of the molecule is CN(CCO)c1nc(Cl)ncc1O. The summed E-state index contributed by atoms with van der Waals surface area (Å²) >= 11 is 5.54. The molecule has 0 aromatic carbocycles. The fourth-order valence-electron chi connectivity index (χ4n) is 0.882. The van der Waals surface area contributed by atoms with Crippen LogP contribution in [0, 0.1) is 0 Å². The number of hydrogen-bond donors (Lipinski definition) is 2. The third-order valence-corrected chi connectivity index (χ3v) is 1.70. The van der Waals surface area contributed by atoms with Gasteiger partial charge in [0.1, 0.15) is 0 Å². The van der Waals surface area contributed by atoms with Gasteiger partial charge in [-0.1, -0.05) is 0 Å². The minimum Gasteiger partial charge on any atom is -0.503 e. The summed E-state index contributed by atoms with van der Waals surface area (Å²) in [5.41, 5.74) is 0. The Morgan fingerprint density at radius 1 is 1.62 bits per heavy atom. The monoisotopic (exact) mass is 203 g/mol. The highest BCUT2D eigenvalue weighted by molar-refractivity contribution is 6.28. The Morgan fingerprint density at radius 2 is 2.31 bits per heavy atom. The van der Waals surface area contributed by atoms with Crippen molar-refractivity contribution in [3.63, 3.8) is 0 Å². The van der Waals surface area contributed by atoms with E-state index in [0.717, 1.165) is 0 Å². The van der Waals surface area contributed by atoms with Crippen molar-refractivity contribution in [2.75, 3.05) is 25.1 Å². The van der Waals surface area contributed by atoms with E-state index in [9.17, 15) is 5.11 Å². The van der Waals surface area contributed by atoms with Crippen molar-refractivity contribution in [1.82, 2.24) is 9.97 Å². The zero-order valence-corrected chi connectivity index (χ0v) is 7.86. The second kappa shape index (κ2) is 4.25. The molecule has 0 aliphatic carbocycles. The molecule has 5 nitrogen and oxygen atoms in total. The molecule has 0 unspecified atom stereocenters. The van der Waals surface area contributed by atoms with E-state index in [-0.39, 0.29) is 17.6 Å². The zero-order valence-electron chi connectivity index (χ0n) is 7.11. The molecule has 0 saturated carbocycles. The highest BCUT2D eigenvalue weighted by Crippen LogP contribution is 2.23. The first-order valence-corrected chi connectivity index (χ1v) is 4.06. The van der Waals surface area contributed by atoms with Crippen LogP contribution in [-0.4, -0.2) is 40.4 Å². The summed E-state index contributed by atoms with van der Waals surface area (Å²) in [4.78, 5) is 8.99. The predicted molar refractivity (Wildman–Crippen MR) is 49.1 cm³/mol. The average molecular weight is 204 g/mol. The van der Waals surface area contributed by atoms with Crippen LogP contribution in [0.15, 0.2) is 6.20 Å². The number of aliphatic hydroxyl groups excluding tert-OH is 1. The summed E-state index contributed by atoms with van der Waals surface area (Å²) in [7, 11) is 1.69. The second-order valence-corrected chi connectivity index (χ2v) is 2.83. The fraction of sp³-hybridized carbons (Fsp3) is 0.429. The fourth-order valence-corrected chi connectivity index (χ4v) is 1.01. The Labute approximate surface area is 80.6 Å². The first-order chi connectivity index (χ1) is 6.15. The van der Waals surface area contributed by atoms with Gasteiger partial charge >= 0.3 is 0 Å². The summed E-state index contributed by atoms with van der Waals surface area (Å²) in [6.07, 6.45) is 1.22. The number of halogens is 1. The van der Waals surface area contributed by atoms with Crippen molar-refractivity contribution in [2.45, 2.75) is 0 Å². The van der Waals surface area contributed by atoms with Crippen molar-refractivity contribution < 1.29 is 10.2 Å². The summed E-state index contributed by atoms with van der Waals surface area (Å²) in [5.74, 6) is 0.259. The topological polar surface area (TPSA) is 69.5 Å². The Hall–Kier alpha value is -1.07. The first kappa shape index (κ1) is 10.0.